The van der Waals surface area contributed by atoms with Crippen molar-refractivity contribution < 1.29 is 14.5 Å². The molecular formula is C9H10N4O5. The second-order valence-corrected chi connectivity index (χ2v) is 3.24. The molecule has 18 heavy (non-hydrogen) atoms. The van der Waals surface area contributed by atoms with E-state index in [1.54, 1.807) is 0 Å². The molecule has 0 atom stereocenters. The van der Waals surface area contributed by atoms with E-state index in [9.17, 15) is 24.5 Å². The number of carbonyl (C=O) groups excluding carboxylic acids is 2. The quantitative estimate of drug-likeness (QED) is 0.540. The van der Waals surface area contributed by atoms with Gasteiger partial charge in [0.15, 0.2) is 0 Å². The van der Waals surface area contributed by atoms with Crippen LogP contribution in [0.3, 0.4) is 0 Å². The van der Waals surface area contributed by atoms with Crippen molar-refractivity contribution in [1.82, 2.24) is 15.2 Å². The first-order valence-corrected chi connectivity index (χ1v) is 4.80. The molecule has 0 saturated carbocycles. The van der Waals surface area contributed by atoms with Crippen LogP contribution in [0.4, 0.5) is 10.5 Å². The van der Waals surface area contributed by atoms with Crippen LogP contribution in [0.15, 0.2) is 23.1 Å². The number of nitrogens with zero attached hydrogens (tertiary/aromatic N) is 2. The first-order chi connectivity index (χ1) is 8.43. The largest absolute Gasteiger partial charge is 0.341 e. The molecule has 1 rings (SSSR count). The number of amides is 3. The third kappa shape index (κ3) is 3.40. The van der Waals surface area contributed by atoms with Crippen molar-refractivity contribution in [3.8, 4) is 0 Å². The molecule has 0 spiro atoms. The van der Waals surface area contributed by atoms with Gasteiger partial charge in [0.2, 0.25) is 5.91 Å². The molecule has 2 N–H and O–H groups in total. The summed E-state index contributed by atoms with van der Waals surface area (Å²) in [6.45, 7) is -0.478. The second kappa shape index (κ2) is 5.57. The van der Waals surface area contributed by atoms with Gasteiger partial charge in [0.1, 0.15) is 6.54 Å². The predicted octanol–water partition coefficient (Wildman–Crippen LogP) is -0.788. The maximum absolute atomic E-state index is 11.3. The molecule has 3 amide bonds. The highest BCUT2D eigenvalue weighted by atomic mass is 16.6. The van der Waals surface area contributed by atoms with Crippen LogP contribution in [0.2, 0.25) is 0 Å². The van der Waals surface area contributed by atoms with Gasteiger partial charge in [-0.25, -0.2) is 4.79 Å². The fourth-order valence-electron chi connectivity index (χ4n) is 1.13. The summed E-state index contributed by atoms with van der Waals surface area (Å²) in [6.07, 6.45) is 0.936. The summed E-state index contributed by atoms with van der Waals surface area (Å²) in [5.41, 5.74) is -0.894. The molecule has 9 nitrogen and oxygen atoms in total. The van der Waals surface area contributed by atoms with Crippen LogP contribution in [0, 0.1) is 10.1 Å². The lowest BCUT2D eigenvalue weighted by Gasteiger charge is -2.05. The highest BCUT2D eigenvalue weighted by Crippen LogP contribution is 2.05. The predicted molar refractivity (Wildman–Crippen MR) is 60.0 cm³/mol. The van der Waals surface area contributed by atoms with Gasteiger partial charge < -0.3 is 5.32 Å². The van der Waals surface area contributed by atoms with Crippen molar-refractivity contribution in [2.24, 2.45) is 0 Å². The van der Waals surface area contributed by atoms with Crippen molar-refractivity contribution >= 4 is 17.6 Å². The van der Waals surface area contributed by atoms with E-state index in [-0.39, 0.29) is 5.69 Å². The van der Waals surface area contributed by atoms with Crippen LogP contribution in [0.5, 0.6) is 0 Å². The molecular weight excluding hydrogens is 244 g/mol. The molecule has 0 bridgehead atoms. The molecule has 0 radical (unpaired) electrons. The zero-order valence-corrected chi connectivity index (χ0v) is 9.37. The minimum absolute atomic E-state index is 0.317. The maximum atomic E-state index is 11.3. The highest BCUT2D eigenvalue weighted by molar-refractivity contribution is 5.93. The summed E-state index contributed by atoms with van der Waals surface area (Å²) < 4.78 is 0.844. The molecule has 1 heterocycles. The third-order valence-electron chi connectivity index (χ3n) is 1.97. The van der Waals surface area contributed by atoms with Gasteiger partial charge in [-0.2, -0.15) is 0 Å². The summed E-state index contributed by atoms with van der Waals surface area (Å²) >= 11 is 0. The molecule has 0 saturated heterocycles. The zero-order chi connectivity index (χ0) is 13.7. The Morgan fingerprint density at radius 3 is 2.67 bits per heavy atom. The molecule has 1 aromatic heterocycles. The number of urea groups is 1. The monoisotopic (exact) mass is 254 g/mol. The Labute approximate surface area is 101 Å². The van der Waals surface area contributed by atoms with Gasteiger partial charge in [-0.05, 0) is 0 Å². The fourth-order valence-corrected chi connectivity index (χ4v) is 1.13. The van der Waals surface area contributed by atoms with E-state index >= 15 is 0 Å². The normalized spacial score (nSPS) is 9.61. The highest BCUT2D eigenvalue weighted by Gasteiger charge is 2.11. The molecule has 96 valence electrons. The van der Waals surface area contributed by atoms with E-state index in [0.717, 1.165) is 22.9 Å². The van der Waals surface area contributed by atoms with Crippen LogP contribution in [-0.4, -0.2) is 28.5 Å². The maximum Gasteiger partial charge on any atom is 0.321 e. The second-order valence-electron chi connectivity index (χ2n) is 3.24. The van der Waals surface area contributed by atoms with E-state index in [4.69, 9.17) is 0 Å². The minimum Gasteiger partial charge on any atom is -0.341 e. The molecule has 0 aromatic carbocycles. The average molecular weight is 254 g/mol. The number of pyridine rings is 1. The Morgan fingerprint density at radius 2 is 2.11 bits per heavy atom. The summed E-state index contributed by atoms with van der Waals surface area (Å²) in [4.78, 5) is 43.3. The molecule has 0 aliphatic heterocycles. The third-order valence-corrected chi connectivity index (χ3v) is 1.97. The van der Waals surface area contributed by atoms with E-state index in [1.807, 2.05) is 5.32 Å². The number of hydrogen-bond donors (Lipinski definition) is 2. The number of hydrogen-bond acceptors (Lipinski definition) is 5. The molecule has 0 unspecified atom stereocenters. The van der Waals surface area contributed by atoms with Crippen LogP contribution in [0.25, 0.3) is 0 Å². The molecule has 1 aromatic rings. The molecule has 0 aliphatic rings. The summed E-state index contributed by atoms with van der Waals surface area (Å²) in [5, 5.41) is 14.6. The van der Waals surface area contributed by atoms with Gasteiger partial charge in [0, 0.05) is 19.2 Å². The van der Waals surface area contributed by atoms with E-state index < -0.39 is 29.0 Å². The van der Waals surface area contributed by atoms with Gasteiger partial charge in [-0.15, -0.1) is 0 Å². The van der Waals surface area contributed by atoms with Crippen molar-refractivity contribution in [3.63, 3.8) is 0 Å². The van der Waals surface area contributed by atoms with Crippen LogP contribution < -0.4 is 16.2 Å². The number of nitro groups is 1. The van der Waals surface area contributed by atoms with Gasteiger partial charge in [-0.1, -0.05) is 0 Å². The Balaban J connectivity index is 2.87. The Bertz CT molecular complexity index is 550. The Morgan fingerprint density at radius 1 is 1.44 bits per heavy atom. The zero-order valence-electron chi connectivity index (χ0n) is 9.37. The summed E-state index contributed by atoms with van der Waals surface area (Å²) in [7, 11) is 1.32. The van der Waals surface area contributed by atoms with Gasteiger partial charge in [-0.3, -0.25) is 29.6 Å². The van der Waals surface area contributed by atoms with Crippen molar-refractivity contribution in [2.75, 3.05) is 7.05 Å². The first kappa shape index (κ1) is 13.4. The Kier molecular flexibility index (Phi) is 4.13. The van der Waals surface area contributed by atoms with Crippen molar-refractivity contribution in [2.45, 2.75) is 6.54 Å². The first-order valence-electron chi connectivity index (χ1n) is 4.80. The van der Waals surface area contributed by atoms with Crippen LogP contribution in [0.1, 0.15) is 0 Å². The topological polar surface area (TPSA) is 123 Å². The Hall–Kier alpha value is -2.71. The molecule has 0 fully saturated rings. The number of aromatic nitrogens is 1. The smallest absolute Gasteiger partial charge is 0.321 e. The lowest BCUT2D eigenvalue weighted by Crippen LogP contribution is -2.40. The SMILES string of the molecule is CNC(=O)NC(=O)Cn1cc([N+](=O)[O-])ccc1=O. The lowest BCUT2D eigenvalue weighted by molar-refractivity contribution is -0.385. The fraction of sp³-hybridized carbons (Fsp3) is 0.222. The van der Waals surface area contributed by atoms with Crippen molar-refractivity contribution in [1.29, 1.82) is 0 Å². The van der Waals surface area contributed by atoms with E-state index in [2.05, 4.69) is 5.32 Å². The van der Waals surface area contributed by atoms with E-state index in [0.29, 0.717) is 0 Å². The van der Waals surface area contributed by atoms with Crippen LogP contribution in [-0.2, 0) is 11.3 Å². The average Bonchev–Trinajstić information content (AvgIpc) is 2.31. The van der Waals surface area contributed by atoms with Gasteiger partial charge in [0.25, 0.3) is 11.2 Å². The number of rotatable bonds is 3. The number of carbonyl (C=O) groups is 2. The minimum atomic E-state index is -0.753. The van der Waals surface area contributed by atoms with E-state index in [1.165, 1.54) is 7.05 Å². The molecule has 9 heteroatoms. The summed E-state index contributed by atoms with van der Waals surface area (Å²) in [6, 6.07) is 1.29. The lowest BCUT2D eigenvalue weighted by atomic mass is 10.4. The van der Waals surface area contributed by atoms with Crippen molar-refractivity contribution in [3.05, 3.63) is 38.8 Å². The molecule has 0 aliphatic carbocycles. The van der Waals surface area contributed by atoms with Gasteiger partial charge in [0.05, 0.1) is 11.1 Å². The summed E-state index contributed by atoms with van der Waals surface area (Å²) in [5.74, 6) is -0.753. The van der Waals surface area contributed by atoms with Crippen LogP contribution >= 0.6 is 0 Å². The standard InChI is InChI=1S/C9H10N4O5/c1-10-9(16)11-7(14)5-12-4-6(13(17)18)2-3-8(12)15/h2-4H,5H2,1H3,(H2,10,11,14,16). The number of imide groups is 1. The number of nitrogens with one attached hydrogen (secondary N) is 2. The van der Waals surface area contributed by atoms with Gasteiger partial charge >= 0.3 is 6.03 Å².